The predicted molar refractivity (Wildman–Crippen MR) is 94.0 cm³/mol. The molecule has 6 nitrogen and oxygen atoms in total. The minimum absolute atomic E-state index is 0.0110. The van der Waals surface area contributed by atoms with Crippen LogP contribution in [0.4, 0.5) is 0 Å². The van der Waals surface area contributed by atoms with Gasteiger partial charge in [-0.2, -0.15) is 4.31 Å². The van der Waals surface area contributed by atoms with Gasteiger partial charge in [-0.15, -0.1) is 0 Å². The Labute approximate surface area is 147 Å². The summed E-state index contributed by atoms with van der Waals surface area (Å²) >= 11 is 0. The van der Waals surface area contributed by atoms with Gasteiger partial charge in [0.2, 0.25) is 10.0 Å². The largest absolute Gasteiger partial charge is 0.496 e. The van der Waals surface area contributed by atoms with Gasteiger partial charge in [0.15, 0.2) is 0 Å². The highest BCUT2D eigenvalue weighted by molar-refractivity contribution is 7.89. The number of nitrogens with zero attached hydrogens (tertiary/aromatic N) is 1. The molecule has 1 N–H and O–H groups in total. The lowest BCUT2D eigenvalue weighted by Crippen LogP contribution is -2.35. The highest BCUT2D eigenvalue weighted by Crippen LogP contribution is 2.25. The summed E-state index contributed by atoms with van der Waals surface area (Å²) in [5.74, 6) is -0.599. The number of ether oxygens (including phenoxy) is 1. The molecule has 0 amide bonds. The fraction of sp³-hybridized carbons (Fsp3) is 0.278. The monoisotopic (exact) mass is 363 g/mol. The lowest BCUT2D eigenvalue weighted by atomic mass is 10.1. The van der Waals surface area contributed by atoms with Crippen molar-refractivity contribution in [3.8, 4) is 5.75 Å². The number of hydrogen-bond donors (Lipinski definition) is 1. The maximum atomic E-state index is 13.0. The molecule has 25 heavy (non-hydrogen) atoms. The zero-order chi connectivity index (χ0) is 18.4. The van der Waals surface area contributed by atoms with Crippen LogP contribution in [0.5, 0.6) is 5.75 Å². The van der Waals surface area contributed by atoms with Gasteiger partial charge in [0, 0.05) is 6.54 Å². The van der Waals surface area contributed by atoms with Crippen molar-refractivity contribution in [2.45, 2.75) is 24.8 Å². The molecule has 0 bridgehead atoms. The Morgan fingerprint density at radius 2 is 1.84 bits per heavy atom. The molecule has 2 rings (SSSR count). The second-order valence-corrected chi connectivity index (χ2v) is 7.42. The summed E-state index contributed by atoms with van der Waals surface area (Å²) in [5.41, 5.74) is 1.47. The molecule has 0 spiro atoms. The molecule has 0 aliphatic rings. The van der Waals surface area contributed by atoms with Crippen molar-refractivity contribution in [3.63, 3.8) is 0 Å². The standard InChI is InChI=1S/C18H21NO5S/c1-3-15-11-16(9-10-17(15)24-2)25(22,23)19(13-18(20)21)12-14-7-5-4-6-8-14/h4-11H,3,12-13H2,1-2H3,(H,20,21). The quantitative estimate of drug-likeness (QED) is 0.779. The maximum Gasteiger partial charge on any atom is 0.318 e. The summed E-state index contributed by atoms with van der Waals surface area (Å²) in [6, 6.07) is 13.5. The smallest absolute Gasteiger partial charge is 0.318 e. The average molecular weight is 363 g/mol. The van der Waals surface area contributed by atoms with Crippen molar-refractivity contribution >= 4 is 16.0 Å². The first-order valence-corrected chi connectivity index (χ1v) is 9.25. The first-order valence-electron chi connectivity index (χ1n) is 7.81. The molecule has 0 unspecified atom stereocenters. The van der Waals surface area contributed by atoms with Crippen LogP contribution in [0.2, 0.25) is 0 Å². The van der Waals surface area contributed by atoms with E-state index in [1.807, 2.05) is 13.0 Å². The van der Waals surface area contributed by atoms with E-state index in [1.54, 1.807) is 30.3 Å². The number of aliphatic carboxylic acids is 1. The van der Waals surface area contributed by atoms with E-state index in [1.165, 1.54) is 19.2 Å². The second-order valence-electron chi connectivity index (χ2n) is 5.48. The Hall–Kier alpha value is -2.38. The topological polar surface area (TPSA) is 83.9 Å². The van der Waals surface area contributed by atoms with Crippen LogP contribution >= 0.6 is 0 Å². The van der Waals surface area contributed by atoms with E-state index in [-0.39, 0.29) is 11.4 Å². The number of sulfonamides is 1. The SMILES string of the molecule is CCc1cc(S(=O)(=O)N(CC(=O)O)Cc2ccccc2)ccc1OC. The fourth-order valence-corrected chi connectivity index (χ4v) is 3.93. The zero-order valence-electron chi connectivity index (χ0n) is 14.2. The molecule has 0 radical (unpaired) electrons. The predicted octanol–water partition coefficient (Wildman–Crippen LogP) is 2.53. The Morgan fingerprint density at radius 1 is 1.16 bits per heavy atom. The Kier molecular flexibility index (Phi) is 6.17. The van der Waals surface area contributed by atoms with Crippen molar-refractivity contribution in [1.29, 1.82) is 0 Å². The number of carboxylic acids is 1. The molecule has 134 valence electrons. The molecule has 0 fully saturated rings. The third kappa shape index (κ3) is 4.58. The van der Waals surface area contributed by atoms with Gasteiger partial charge in [0.05, 0.1) is 12.0 Å². The normalized spacial score (nSPS) is 11.5. The van der Waals surface area contributed by atoms with Crippen LogP contribution in [0.25, 0.3) is 0 Å². The van der Waals surface area contributed by atoms with Gasteiger partial charge in [-0.1, -0.05) is 37.3 Å². The molecule has 0 aromatic heterocycles. The van der Waals surface area contributed by atoms with Gasteiger partial charge in [-0.25, -0.2) is 8.42 Å². The van der Waals surface area contributed by atoms with Crippen LogP contribution in [0, 0.1) is 0 Å². The number of benzene rings is 2. The molecule has 0 aliphatic carbocycles. The molecule has 7 heteroatoms. The Bertz CT molecular complexity index is 834. The van der Waals surface area contributed by atoms with Crippen LogP contribution in [0.3, 0.4) is 0 Å². The van der Waals surface area contributed by atoms with Gasteiger partial charge in [0.1, 0.15) is 12.3 Å². The summed E-state index contributed by atoms with van der Waals surface area (Å²) in [6.07, 6.45) is 0.601. The summed E-state index contributed by atoms with van der Waals surface area (Å²) in [5, 5.41) is 9.13. The summed E-state index contributed by atoms with van der Waals surface area (Å²) < 4.78 is 32.1. The van der Waals surface area contributed by atoms with Gasteiger partial charge in [0.25, 0.3) is 0 Å². The number of carboxylic acid groups (broad SMARTS) is 1. The van der Waals surface area contributed by atoms with E-state index in [9.17, 15) is 13.2 Å². The molecule has 2 aromatic carbocycles. The molecule has 0 heterocycles. The lowest BCUT2D eigenvalue weighted by molar-refractivity contribution is -0.137. The van der Waals surface area contributed by atoms with E-state index < -0.39 is 22.5 Å². The minimum atomic E-state index is -3.95. The van der Waals surface area contributed by atoms with E-state index in [2.05, 4.69) is 0 Å². The lowest BCUT2D eigenvalue weighted by Gasteiger charge is -2.21. The zero-order valence-corrected chi connectivity index (χ0v) is 15.0. The summed E-state index contributed by atoms with van der Waals surface area (Å²) in [6.45, 7) is 1.28. The molecule has 0 saturated heterocycles. The first kappa shape index (κ1) is 19.0. The van der Waals surface area contributed by atoms with E-state index in [0.717, 1.165) is 15.4 Å². The number of methoxy groups -OCH3 is 1. The summed E-state index contributed by atoms with van der Waals surface area (Å²) in [7, 11) is -2.43. The Morgan fingerprint density at radius 3 is 2.40 bits per heavy atom. The van der Waals surface area contributed by atoms with Gasteiger partial charge in [-0.3, -0.25) is 4.79 Å². The third-order valence-electron chi connectivity index (χ3n) is 3.78. The fourth-order valence-electron chi connectivity index (χ4n) is 2.50. The third-order valence-corrected chi connectivity index (χ3v) is 5.57. The molecule has 2 aromatic rings. The number of hydrogen-bond acceptors (Lipinski definition) is 4. The highest BCUT2D eigenvalue weighted by atomic mass is 32.2. The van der Waals surface area contributed by atoms with Crippen molar-refractivity contribution in [1.82, 2.24) is 4.31 Å². The first-order chi connectivity index (χ1) is 11.9. The second kappa shape index (κ2) is 8.13. The van der Waals surface area contributed by atoms with Crippen molar-refractivity contribution < 1.29 is 23.1 Å². The van der Waals surface area contributed by atoms with Gasteiger partial charge in [-0.05, 0) is 35.7 Å². The minimum Gasteiger partial charge on any atom is -0.496 e. The Balaban J connectivity index is 2.42. The molecule has 0 aliphatic heterocycles. The van der Waals surface area contributed by atoms with Crippen LogP contribution in [-0.2, 0) is 27.8 Å². The van der Waals surface area contributed by atoms with Crippen LogP contribution < -0.4 is 4.74 Å². The van der Waals surface area contributed by atoms with E-state index in [4.69, 9.17) is 9.84 Å². The molecular formula is C18H21NO5S. The summed E-state index contributed by atoms with van der Waals surface area (Å²) in [4.78, 5) is 11.2. The van der Waals surface area contributed by atoms with Crippen molar-refractivity contribution in [2.24, 2.45) is 0 Å². The van der Waals surface area contributed by atoms with Crippen LogP contribution in [0.1, 0.15) is 18.1 Å². The van der Waals surface area contributed by atoms with Gasteiger partial charge < -0.3 is 9.84 Å². The van der Waals surface area contributed by atoms with E-state index >= 15 is 0 Å². The molecule has 0 saturated carbocycles. The van der Waals surface area contributed by atoms with Crippen molar-refractivity contribution in [3.05, 3.63) is 59.7 Å². The van der Waals surface area contributed by atoms with Crippen molar-refractivity contribution in [2.75, 3.05) is 13.7 Å². The van der Waals surface area contributed by atoms with Gasteiger partial charge >= 0.3 is 5.97 Å². The van der Waals surface area contributed by atoms with Crippen LogP contribution in [-0.4, -0.2) is 37.5 Å². The molecular weight excluding hydrogens is 342 g/mol. The van der Waals surface area contributed by atoms with Crippen LogP contribution in [0.15, 0.2) is 53.4 Å². The number of aryl methyl sites for hydroxylation is 1. The average Bonchev–Trinajstić information content (AvgIpc) is 2.61. The number of carbonyl (C=O) groups is 1. The highest BCUT2D eigenvalue weighted by Gasteiger charge is 2.27. The number of rotatable bonds is 8. The maximum absolute atomic E-state index is 13.0. The van der Waals surface area contributed by atoms with E-state index in [0.29, 0.717) is 12.2 Å². The molecule has 0 atom stereocenters.